The van der Waals surface area contributed by atoms with Gasteiger partial charge in [-0.3, -0.25) is 0 Å². The van der Waals surface area contributed by atoms with Gasteiger partial charge in [-0.1, -0.05) is 0 Å². The molecule has 2 aliphatic heterocycles. The average molecular weight is 243 g/mol. The molecular formula is C11H21N3O3. The molecule has 6 heteroatoms. The van der Waals surface area contributed by atoms with Crippen molar-refractivity contribution in [3.63, 3.8) is 0 Å². The number of hydrogen-bond acceptors (Lipinski definition) is 4. The lowest BCUT2D eigenvalue weighted by atomic mass is 9.90. The second-order valence-corrected chi connectivity index (χ2v) is 4.77. The second kappa shape index (κ2) is 5.66. The smallest absolute Gasteiger partial charge is 0.312 e. The van der Waals surface area contributed by atoms with E-state index in [0.29, 0.717) is 19.2 Å². The number of carbonyl (C=O) groups excluding carboxylic acids is 1. The van der Waals surface area contributed by atoms with Gasteiger partial charge in [-0.2, -0.15) is 0 Å². The lowest BCUT2D eigenvalue weighted by molar-refractivity contribution is -0.0891. The molecule has 2 saturated heterocycles. The Bertz CT molecular complexity index is 267. The van der Waals surface area contributed by atoms with Gasteiger partial charge in [0.2, 0.25) is 0 Å². The van der Waals surface area contributed by atoms with Gasteiger partial charge in [0.05, 0.1) is 12.2 Å². The standard InChI is InChI=1S/C11H21N3O3/c12-10(15)14-4-3-13-9-1-5-17-11(7-9)2-6-16-8-11/h9,13H,1-8H2,(H3,12,14,15). The highest BCUT2D eigenvalue weighted by Crippen LogP contribution is 2.32. The predicted molar refractivity (Wildman–Crippen MR) is 62.7 cm³/mol. The summed E-state index contributed by atoms with van der Waals surface area (Å²) in [5.74, 6) is 0. The van der Waals surface area contributed by atoms with Gasteiger partial charge in [-0.15, -0.1) is 0 Å². The largest absolute Gasteiger partial charge is 0.378 e. The van der Waals surface area contributed by atoms with Gasteiger partial charge in [-0.05, 0) is 12.8 Å². The van der Waals surface area contributed by atoms with Crippen LogP contribution in [0.25, 0.3) is 0 Å². The summed E-state index contributed by atoms with van der Waals surface area (Å²) in [6, 6.07) is -0.0282. The molecule has 0 aromatic carbocycles. The monoisotopic (exact) mass is 243 g/mol. The Morgan fingerprint density at radius 3 is 3.00 bits per heavy atom. The SMILES string of the molecule is NC(=O)NCCNC1CCOC2(CCOC2)C1. The fourth-order valence-corrected chi connectivity index (χ4v) is 2.53. The quantitative estimate of drug-likeness (QED) is 0.586. The molecule has 1 spiro atoms. The van der Waals surface area contributed by atoms with Crippen molar-refractivity contribution in [2.75, 3.05) is 32.9 Å². The van der Waals surface area contributed by atoms with Crippen LogP contribution in [0.2, 0.25) is 0 Å². The van der Waals surface area contributed by atoms with Gasteiger partial charge >= 0.3 is 6.03 Å². The van der Waals surface area contributed by atoms with Crippen molar-refractivity contribution in [1.29, 1.82) is 0 Å². The third kappa shape index (κ3) is 3.55. The Morgan fingerprint density at radius 1 is 1.41 bits per heavy atom. The molecule has 0 saturated carbocycles. The molecule has 0 radical (unpaired) electrons. The number of nitrogens with one attached hydrogen (secondary N) is 2. The van der Waals surface area contributed by atoms with Crippen LogP contribution in [-0.4, -0.2) is 50.6 Å². The fraction of sp³-hybridized carbons (Fsp3) is 0.909. The van der Waals surface area contributed by atoms with Gasteiger partial charge < -0.3 is 25.8 Å². The molecule has 0 aliphatic carbocycles. The number of primary amides is 1. The summed E-state index contributed by atoms with van der Waals surface area (Å²) >= 11 is 0. The molecule has 2 atom stereocenters. The van der Waals surface area contributed by atoms with Crippen LogP contribution in [0, 0.1) is 0 Å². The zero-order chi connectivity index (χ0) is 12.1. The lowest BCUT2D eigenvalue weighted by Crippen LogP contribution is -2.49. The number of carbonyl (C=O) groups is 1. The van der Waals surface area contributed by atoms with Crippen molar-refractivity contribution in [1.82, 2.24) is 10.6 Å². The number of rotatable bonds is 4. The van der Waals surface area contributed by atoms with Crippen LogP contribution in [0.3, 0.4) is 0 Å². The average Bonchev–Trinajstić information content (AvgIpc) is 2.73. The van der Waals surface area contributed by atoms with Crippen molar-refractivity contribution in [2.24, 2.45) is 5.73 Å². The van der Waals surface area contributed by atoms with Crippen LogP contribution < -0.4 is 16.4 Å². The molecule has 2 unspecified atom stereocenters. The fourth-order valence-electron chi connectivity index (χ4n) is 2.53. The molecule has 0 bridgehead atoms. The molecule has 2 aliphatic rings. The van der Waals surface area contributed by atoms with Crippen molar-refractivity contribution in [2.45, 2.75) is 30.9 Å². The normalized spacial score (nSPS) is 32.8. The van der Waals surface area contributed by atoms with E-state index < -0.39 is 6.03 Å². The molecule has 0 aromatic rings. The van der Waals surface area contributed by atoms with Gasteiger partial charge in [0.25, 0.3) is 0 Å². The van der Waals surface area contributed by atoms with E-state index in [2.05, 4.69) is 10.6 Å². The number of ether oxygens (including phenoxy) is 2. The third-order valence-electron chi connectivity index (χ3n) is 3.42. The first-order chi connectivity index (χ1) is 8.20. The molecule has 0 aromatic heterocycles. The van der Waals surface area contributed by atoms with E-state index in [1.807, 2.05) is 0 Å². The molecule has 2 rings (SSSR count). The molecule has 4 N–H and O–H groups in total. The number of amides is 2. The molecule has 98 valence electrons. The molecular weight excluding hydrogens is 222 g/mol. The number of hydrogen-bond donors (Lipinski definition) is 3. The van der Waals surface area contributed by atoms with E-state index in [4.69, 9.17) is 15.2 Å². The van der Waals surface area contributed by atoms with E-state index in [1.165, 1.54) is 0 Å². The highest BCUT2D eigenvalue weighted by molar-refractivity contribution is 5.71. The van der Waals surface area contributed by atoms with Gasteiger partial charge in [-0.25, -0.2) is 4.79 Å². The minimum atomic E-state index is -0.473. The Balaban J connectivity index is 1.68. The Hall–Kier alpha value is -0.850. The summed E-state index contributed by atoms with van der Waals surface area (Å²) in [5, 5.41) is 5.99. The zero-order valence-corrected chi connectivity index (χ0v) is 10.0. The summed E-state index contributed by atoms with van der Waals surface area (Å²) in [6.07, 6.45) is 2.99. The summed E-state index contributed by atoms with van der Waals surface area (Å²) in [7, 11) is 0. The van der Waals surface area contributed by atoms with E-state index in [1.54, 1.807) is 0 Å². The first-order valence-corrected chi connectivity index (χ1v) is 6.19. The van der Waals surface area contributed by atoms with E-state index >= 15 is 0 Å². The van der Waals surface area contributed by atoms with Crippen molar-refractivity contribution < 1.29 is 14.3 Å². The number of urea groups is 1. The summed E-state index contributed by atoms with van der Waals surface area (Å²) in [6.45, 7) is 3.60. The minimum Gasteiger partial charge on any atom is -0.378 e. The first kappa shape index (κ1) is 12.6. The third-order valence-corrected chi connectivity index (χ3v) is 3.42. The van der Waals surface area contributed by atoms with Gasteiger partial charge in [0.1, 0.15) is 0 Å². The van der Waals surface area contributed by atoms with Gasteiger partial charge in [0, 0.05) is 38.8 Å². The van der Waals surface area contributed by atoms with Crippen molar-refractivity contribution in [3.05, 3.63) is 0 Å². The first-order valence-electron chi connectivity index (χ1n) is 6.19. The zero-order valence-electron chi connectivity index (χ0n) is 10.0. The highest BCUT2D eigenvalue weighted by Gasteiger charge is 2.40. The van der Waals surface area contributed by atoms with E-state index in [0.717, 1.165) is 39.0 Å². The molecule has 2 fully saturated rings. The van der Waals surface area contributed by atoms with Crippen molar-refractivity contribution >= 4 is 6.03 Å². The molecule has 17 heavy (non-hydrogen) atoms. The Morgan fingerprint density at radius 2 is 2.29 bits per heavy atom. The predicted octanol–water partition coefficient (Wildman–Crippen LogP) is -0.418. The Labute approximate surface area is 101 Å². The van der Waals surface area contributed by atoms with Crippen LogP contribution in [0.15, 0.2) is 0 Å². The minimum absolute atomic E-state index is 0.0625. The summed E-state index contributed by atoms with van der Waals surface area (Å²) in [4.78, 5) is 10.5. The van der Waals surface area contributed by atoms with E-state index in [9.17, 15) is 4.79 Å². The highest BCUT2D eigenvalue weighted by atomic mass is 16.6. The second-order valence-electron chi connectivity index (χ2n) is 4.77. The molecule has 2 amide bonds. The van der Waals surface area contributed by atoms with E-state index in [-0.39, 0.29) is 5.60 Å². The Kier molecular flexibility index (Phi) is 4.20. The van der Waals surface area contributed by atoms with Gasteiger partial charge in [0.15, 0.2) is 0 Å². The van der Waals surface area contributed by atoms with Crippen LogP contribution in [0.5, 0.6) is 0 Å². The lowest BCUT2D eigenvalue weighted by Gasteiger charge is -2.37. The molecule has 2 heterocycles. The maximum atomic E-state index is 10.5. The summed E-state index contributed by atoms with van der Waals surface area (Å²) in [5.41, 5.74) is 4.93. The topological polar surface area (TPSA) is 85.6 Å². The van der Waals surface area contributed by atoms with Crippen molar-refractivity contribution in [3.8, 4) is 0 Å². The maximum Gasteiger partial charge on any atom is 0.312 e. The number of nitrogens with two attached hydrogens (primary N) is 1. The maximum absolute atomic E-state index is 10.5. The van der Waals surface area contributed by atoms with Crippen LogP contribution >= 0.6 is 0 Å². The summed E-state index contributed by atoms with van der Waals surface area (Å²) < 4.78 is 11.3. The van der Waals surface area contributed by atoms with Crippen LogP contribution in [-0.2, 0) is 9.47 Å². The molecule has 6 nitrogen and oxygen atoms in total. The van der Waals surface area contributed by atoms with Crippen LogP contribution in [0.1, 0.15) is 19.3 Å². The van der Waals surface area contributed by atoms with Crippen LogP contribution in [0.4, 0.5) is 4.79 Å².